The van der Waals surface area contributed by atoms with E-state index in [0.717, 1.165) is 37.4 Å². The van der Waals surface area contributed by atoms with E-state index in [0.29, 0.717) is 0 Å². The van der Waals surface area contributed by atoms with E-state index in [1.165, 1.54) is 0 Å². The van der Waals surface area contributed by atoms with Crippen LogP contribution >= 0.6 is 0 Å². The largest absolute Gasteiger partial charge is 0.496 e. The zero-order valence-electron chi connectivity index (χ0n) is 11.9. The summed E-state index contributed by atoms with van der Waals surface area (Å²) in [6, 6.07) is 7.90. The number of hydrogen-bond donors (Lipinski definition) is 2. The second kappa shape index (κ2) is 7.43. The lowest BCUT2D eigenvalue weighted by Crippen LogP contribution is -2.44. The fraction of sp³-hybridized carbons (Fsp3) is 0.500. The maximum atomic E-state index is 9.74. The molecule has 1 aliphatic rings. The summed E-state index contributed by atoms with van der Waals surface area (Å²) in [5.74, 6) is 0.842. The molecule has 110 valence electrons. The highest BCUT2D eigenvalue weighted by Crippen LogP contribution is 2.19. The van der Waals surface area contributed by atoms with Crippen LogP contribution in [0.25, 0.3) is 6.08 Å². The van der Waals surface area contributed by atoms with Gasteiger partial charge >= 0.3 is 0 Å². The van der Waals surface area contributed by atoms with Crippen molar-refractivity contribution in [2.75, 3.05) is 33.4 Å². The van der Waals surface area contributed by atoms with Gasteiger partial charge in [-0.25, -0.2) is 0 Å². The van der Waals surface area contributed by atoms with E-state index in [2.05, 4.69) is 17.1 Å². The molecule has 0 bridgehead atoms. The second-order valence-corrected chi connectivity index (χ2v) is 5.20. The maximum Gasteiger partial charge on any atom is 0.126 e. The predicted octanol–water partition coefficient (Wildman–Crippen LogP) is 1.38. The lowest BCUT2D eigenvalue weighted by molar-refractivity contribution is 0.00411. The van der Waals surface area contributed by atoms with Crippen LogP contribution in [0.2, 0.25) is 0 Å². The van der Waals surface area contributed by atoms with Crippen molar-refractivity contribution in [1.29, 1.82) is 0 Å². The van der Waals surface area contributed by atoms with Gasteiger partial charge in [-0.05, 0) is 12.5 Å². The van der Waals surface area contributed by atoms with Crippen LogP contribution < -0.4 is 4.74 Å². The molecule has 2 rings (SSSR count). The van der Waals surface area contributed by atoms with E-state index in [4.69, 9.17) is 4.74 Å². The molecule has 4 heteroatoms. The molecule has 0 spiro atoms. The first-order valence-corrected chi connectivity index (χ1v) is 7.05. The molecule has 0 radical (unpaired) electrons. The molecule has 1 aromatic carbocycles. The number of methoxy groups -OCH3 is 1. The number of aliphatic hydroxyl groups is 2. The summed E-state index contributed by atoms with van der Waals surface area (Å²) in [5, 5.41) is 19.0. The van der Waals surface area contributed by atoms with Crippen LogP contribution in [-0.2, 0) is 0 Å². The van der Waals surface area contributed by atoms with Crippen molar-refractivity contribution in [2.45, 2.75) is 12.5 Å². The fourth-order valence-corrected chi connectivity index (χ4v) is 2.57. The number of piperidine rings is 1. The van der Waals surface area contributed by atoms with Crippen molar-refractivity contribution in [3.8, 4) is 5.75 Å². The number of hydrogen-bond acceptors (Lipinski definition) is 4. The van der Waals surface area contributed by atoms with Gasteiger partial charge in [-0.1, -0.05) is 30.4 Å². The Morgan fingerprint density at radius 3 is 2.95 bits per heavy atom. The van der Waals surface area contributed by atoms with E-state index in [1.54, 1.807) is 7.11 Å². The molecule has 0 aromatic heterocycles. The molecule has 1 fully saturated rings. The number of benzene rings is 1. The van der Waals surface area contributed by atoms with Crippen molar-refractivity contribution in [1.82, 2.24) is 4.90 Å². The first kappa shape index (κ1) is 15.0. The zero-order valence-corrected chi connectivity index (χ0v) is 11.9. The standard InChI is InChI=1S/C16H23NO3/c1-20-16-7-3-2-5-13(16)6-4-9-17-10-8-15(19)14(11-17)12-18/h2-7,14-15,18-19H,8-12H2,1H3/t14-,15-/m0/s1. The van der Waals surface area contributed by atoms with Crippen LogP contribution in [0.15, 0.2) is 30.3 Å². The second-order valence-electron chi connectivity index (χ2n) is 5.20. The molecule has 20 heavy (non-hydrogen) atoms. The molecule has 1 saturated heterocycles. The van der Waals surface area contributed by atoms with Gasteiger partial charge in [0.25, 0.3) is 0 Å². The lowest BCUT2D eigenvalue weighted by atomic mass is 9.95. The minimum absolute atomic E-state index is 0.0246. The van der Waals surface area contributed by atoms with E-state index >= 15 is 0 Å². The van der Waals surface area contributed by atoms with Gasteiger partial charge in [-0.2, -0.15) is 0 Å². The summed E-state index contributed by atoms with van der Waals surface area (Å²) >= 11 is 0. The van der Waals surface area contributed by atoms with Gasteiger partial charge in [0.05, 0.1) is 13.2 Å². The highest BCUT2D eigenvalue weighted by atomic mass is 16.5. The Morgan fingerprint density at radius 1 is 1.40 bits per heavy atom. The van der Waals surface area contributed by atoms with Crippen LogP contribution in [-0.4, -0.2) is 54.6 Å². The first-order chi connectivity index (χ1) is 9.74. The molecule has 0 amide bonds. The van der Waals surface area contributed by atoms with Crippen molar-refractivity contribution < 1.29 is 14.9 Å². The summed E-state index contributed by atoms with van der Waals surface area (Å²) in [6.45, 7) is 2.48. The molecule has 0 unspecified atom stereocenters. The summed E-state index contributed by atoms with van der Waals surface area (Å²) in [4.78, 5) is 2.25. The molecule has 1 aromatic rings. The summed E-state index contributed by atoms with van der Waals surface area (Å²) in [6.07, 6.45) is 4.52. The minimum Gasteiger partial charge on any atom is -0.496 e. The number of likely N-dealkylation sites (tertiary alicyclic amines) is 1. The van der Waals surface area contributed by atoms with Gasteiger partial charge in [0.15, 0.2) is 0 Å². The Hall–Kier alpha value is -1.36. The van der Waals surface area contributed by atoms with Crippen LogP contribution in [0, 0.1) is 5.92 Å². The van der Waals surface area contributed by atoms with Crippen molar-refractivity contribution in [3.05, 3.63) is 35.9 Å². The molecule has 0 aliphatic carbocycles. The summed E-state index contributed by atoms with van der Waals surface area (Å²) < 4.78 is 5.31. The number of ether oxygens (including phenoxy) is 1. The third-order valence-corrected chi connectivity index (χ3v) is 3.81. The van der Waals surface area contributed by atoms with Gasteiger partial charge in [-0.15, -0.1) is 0 Å². The Kier molecular flexibility index (Phi) is 5.59. The summed E-state index contributed by atoms with van der Waals surface area (Å²) in [7, 11) is 1.67. The third-order valence-electron chi connectivity index (χ3n) is 3.81. The summed E-state index contributed by atoms with van der Waals surface area (Å²) in [5.41, 5.74) is 1.06. The predicted molar refractivity (Wildman–Crippen MR) is 79.7 cm³/mol. The first-order valence-electron chi connectivity index (χ1n) is 7.05. The van der Waals surface area contributed by atoms with E-state index in [1.807, 2.05) is 24.3 Å². The van der Waals surface area contributed by atoms with Crippen LogP contribution in [0.3, 0.4) is 0 Å². The molecule has 2 atom stereocenters. The molecule has 0 saturated carbocycles. The van der Waals surface area contributed by atoms with Gasteiger partial charge in [-0.3, -0.25) is 4.90 Å². The number of para-hydroxylation sites is 1. The van der Waals surface area contributed by atoms with Gasteiger partial charge in [0.2, 0.25) is 0 Å². The van der Waals surface area contributed by atoms with Gasteiger partial charge in [0.1, 0.15) is 5.75 Å². The maximum absolute atomic E-state index is 9.74. The fourth-order valence-electron chi connectivity index (χ4n) is 2.57. The van der Waals surface area contributed by atoms with Crippen molar-refractivity contribution >= 4 is 6.08 Å². The van der Waals surface area contributed by atoms with Gasteiger partial charge < -0.3 is 14.9 Å². The lowest BCUT2D eigenvalue weighted by Gasteiger charge is -2.34. The highest BCUT2D eigenvalue weighted by molar-refractivity contribution is 5.57. The van der Waals surface area contributed by atoms with Crippen LogP contribution in [0.1, 0.15) is 12.0 Å². The van der Waals surface area contributed by atoms with E-state index < -0.39 is 0 Å². The van der Waals surface area contributed by atoms with Crippen molar-refractivity contribution in [2.24, 2.45) is 5.92 Å². The highest BCUT2D eigenvalue weighted by Gasteiger charge is 2.26. The quantitative estimate of drug-likeness (QED) is 0.854. The topological polar surface area (TPSA) is 52.9 Å². The average Bonchev–Trinajstić information content (AvgIpc) is 2.49. The molecule has 1 aliphatic heterocycles. The molecule has 1 heterocycles. The zero-order chi connectivity index (χ0) is 14.4. The van der Waals surface area contributed by atoms with Gasteiger partial charge in [0, 0.05) is 37.7 Å². The number of rotatable bonds is 5. The number of nitrogens with zero attached hydrogens (tertiary/aromatic N) is 1. The van der Waals surface area contributed by atoms with Crippen LogP contribution in [0.4, 0.5) is 0 Å². The normalized spacial score (nSPS) is 24.1. The average molecular weight is 277 g/mol. The Bertz CT molecular complexity index is 447. The van der Waals surface area contributed by atoms with Crippen LogP contribution in [0.5, 0.6) is 5.75 Å². The molecular weight excluding hydrogens is 254 g/mol. The van der Waals surface area contributed by atoms with E-state index in [9.17, 15) is 10.2 Å². The Balaban J connectivity index is 1.90. The molecular formula is C16H23NO3. The third kappa shape index (κ3) is 3.82. The van der Waals surface area contributed by atoms with E-state index in [-0.39, 0.29) is 18.6 Å². The monoisotopic (exact) mass is 277 g/mol. The Labute approximate surface area is 120 Å². The number of aliphatic hydroxyl groups excluding tert-OH is 2. The molecule has 2 N–H and O–H groups in total. The molecule has 4 nitrogen and oxygen atoms in total. The Morgan fingerprint density at radius 2 is 2.20 bits per heavy atom. The van der Waals surface area contributed by atoms with Crippen molar-refractivity contribution in [3.63, 3.8) is 0 Å². The smallest absolute Gasteiger partial charge is 0.126 e. The minimum atomic E-state index is -0.366. The SMILES string of the molecule is COc1ccccc1C=CCN1CC[C@H](O)[C@H](CO)C1.